The number of benzene rings is 4. The first-order valence-corrected chi connectivity index (χ1v) is 17.0. The summed E-state index contributed by atoms with van der Waals surface area (Å²) in [5.41, 5.74) is 5.13. The van der Waals surface area contributed by atoms with Crippen molar-refractivity contribution in [3.8, 4) is 22.3 Å². The zero-order valence-electron chi connectivity index (χ0n) is 28.5. The molecule has 0 bridgehead atoms. The van der Waals surface area contributed by atoms with E-state index in [-0.39, 0.29) is 35.1 Å². The van der Waals surface area contributed by atoms with Crippen molar-refractivity contribution in [1.29, 1.82) is 0 Å². The third-order valence-corrected chi connectivity index (χ3v) is 9.57. The Labute approximate surface area is 280 Å². The van der Waals surface area contributed by atoms with E-state index < -0.39 is 11.8 Å². The summed E-state index contributed by atoms with van der Waals surface area (Å²) in [7, 11) is 0. The summed E-state index contributed by atoms with van der Waals surface area (Å²) < 4.78 is 15.1. The summed E-state index contributed by atoms with van der Waals surface area (Å²) in [4.78, 5) is 27.2. The van der Waals surface area contributed by atoms with Crippen LogP contribution in [0, 0.1) is 11.7 Å². The maximum Gasteiger partial charge on any atom is 0.227 e. The van der Waals surface area contributed by atoms with Crippen molar-refractivity contribution in [2.75, 3.05) is 6.54 Å². The summed E-state index contributed by atoms with van der Waals surface area (Å²) in [5, 5.41) is 6.79. The first-order valence-electron chi connectivity index (χ1n) is 17.0. The molecule has 0 spiro atoms. The molecule has 1 saturated heterocycles. The van der Waals surface area contributed by atoms with E-state index in [1.165, 1.54) is 6.07 Å². The first-order chi connectivity index (χ1) is 22.4. The third kappa shape index (κ3) is 9.04. The molecule has 0 aromatic heterocycles. The molecular weight excluding hydrogens is 583 g/mol. The number of amides is 1. The van der Waals surface area contributed by atoms with E-state index in [1.807, 2.05) is 78.9 Å². The summed E-state index contributed by atoms with van der Waals surface area (Å²) in [6.45, 7) is 11.0. The van der Waals surface area contributed by atoms with Gasteiger partial charge >= 0.3 is 0 Å². The number of hydrogen-bond acceptors (Lipinski definition) is 3. The van der Waals surface area contributed by atoms with Crippen LogP contribution >= 0.6 is 0 Å². The molecule has 47 heavy (non-hydrogen) atoms. The van der Waals surface area contributed by atoms with Gasteiger partial charge in [-0.2, -0.15) is 0 Å². The third-order valence-electron chi connectivity index (χ3n) is 9.57. The molecule has 2 unspecified atom stereocenters. The number of carbonyl (C=O) groups excluding carboxylic acids is 2. The van der Waals surface area contributed by atoms with Crippen LogP contribution in [0.15, 0.2) is 103 Å². The number of halogens is 1. The van der Waals surface area contributed by atoms with Gasteiger partial charge in [-0.05, 0) is 100 Å². The quantitative estimate of drug-likeness (QED) is 0.164. The number of hydrogen-bond donors (Lipinski definition) is 2. The van der Waals surface area contributed by atoms with Crippen LogP contribution in [-0.2, 0) is 9.59 Å². The number of ketones is 1. The summed E-state index contributed by atoms with van der Waals surface area (Å²) >= 11 is 0. The van der Waals surface area contributed by atoms with Gasteiger partial charge in [0.2, 0.25) is 5.91 Å². The van der Waals surface area contributed by atoms with Crippen molar-refractivity contribution in [2.45, 2.75) is 89.6 Å². The van der Waals surface area contributed by atoms with E-state index in [0.717, 1.165) is 47.9 Å². The van der Waals surface area contributed by atoms with Gasteiger partial charge in [0.15, 0.2) is 0 Å². The summed E-state index contributed by atoms with van der Waals surface area (Å²) in [6.07, 6.45) is 4.48. The average molecular weight is 633 g/mol. The number of rotatable bonds is 12. The molecule has 246 valence electrons. The highest BCUT2D eigenvalue weighted by molar-refractivity contribution is 5.88. The lowest BCUT2D eigenvalue weighted by molar-refractivity contribution is -0.123. The van der Waals surface area contributed by atoms with Crippen LogP contribution in [0.1, 0.15) is 89.7 Å². The minimum absolute atomic E-state index is 0.0746. The zero-order chi connectivity index (χ0) is 33.6. The Kier molecular flexibility index (Phi) is 10.8. The van der Waals surface area contributed by atoms with E-state index in [2.05, 4.69) is 50.5 Å². The fourth-order valence-electron chi connectivity index (χ4n) is 7.59. The molecule has 2 N–H and O–H groups in total. The van der Waals surface area contributed by atoms with Gasteiger partial charge < -0.3 is 10.6 Å². The smallest absolute Gasteiger partial charge is 0.227 e. The fourth-order valence-corrected chi connectivity index (χ4v) is 7.59. The van der Waals surface area contributed by atoms with Gasteiger partial charge in [-0.25, -0.2) is 4.39 Å². The number of nitrogens with one attached hydrogen (secondary N) is 2. The van der Waals surface area contributed by atoms with Gasteiger partial charge in [-0.3, -0.25) is 9.59 Å². The van der Waals surface area contributed by atoms with Crippen molar-refractivity contribution >= 4 is 11.7 Å². The van der Waals surface area contributed by atoms with E-state index in [9.17, 15) is 9.59 Å². The van der Waals surface area contributed by atoms with Crippen LogP contribution < -0.4 is 10.6 Å². The lowest BCUT2D eigenvalue weighted by Crippen LogP contribution is -2.57. The Hall–Kier alpha value is -4.09. The van der Waals surface area contributed by atoms with Crippen LogP contribution in [0.4, 0.5) is 4.39 Å². The highest BCUT2D eigenvalue weighted by Crippen LogP contribution is 2.36. The monoisotopic (exact) mass is 632 g/mol. The van der Waals surface area contributed by atoms with E-state index in [4.69, 9.17) is 0 Å². The van der Waals surface area contributed by atoms with E-state index >= 15 is 4.39 Å². The van der Waals surface area contributed by atoms with Gasteiger partial charge in [0.1, 0.15) is 11.6 Å². The Balaban J connectivity index is 1.27. The zero-order valence-corrected chi connectivity index (χ0v) is 28.5. The molecule has 5 rings (SSSR count). The second-order valence-corrected chi connectivity index (χ2v) is 14.6. The first kappa shape index (κ1) is 34.3. The molecule has 4 nitrogen and oxygen atoms in total. The average Bonchev–Trinajstić information content (AvgIpc) is 3.04. The highest BCUT2D eigenvalue weighted by atomic mass is 19.1. The fraction of sp³-hybridized carbons (Fsp3) is 0.381. The Morgan fingerprint density at radius 2 is 1.34 bits per heavy atom. The van der Waals surface area contributed by atoms with Gasteiger partial charge in [0.05, 0.1) is 11.8 Å². The van der Waals surface area contributed by atoms with Crippen molar-refractivity contribution in [1.82, 2.24) is 10.6 Å². The molecule has 1 fully saturated rings. The highest BCUT2D eigenvalue weighted by Gasteiger charge is 2.37. The van der Waals surface area contributed by atoms with Crippen LogP contribution in [0.5, 0.6) is 0 Å². The number of Topliss-reactive ketones (excluding diaryl/α,β-unsaturated/α-hetero) is 1. The van der Waals surface area contributed by atoms with Gasteiger partial charge in [0.25, 0.3) is 0 Å². The van der Waals surface area contributed by atoms with Crippen molar-refractivity contribution < 1.29 is 14.0 Å². The topological polar surface area (TPSA) is 58.2 Å². The van der Waals surface area contributed by atoms with Crippen LogP contribution in [0.2, 0.25) is 0 Å². The maximum absolute atomic E-state index is 15.1. The molecule has 0 aliphatic carbocycles. The molecule has 4 aromatic rings. The lowest BCUT2D eigenvalue weighted by atomic mass is 9.74. The van der Waals surface area contributed by atoms with Gasteiger partial charge in [-0.15, -0.1) is 0 Å². The SMILES string of the molecule is CC(C(=O)NCC(C(=O)CCCC1CC(C)(C)NC(C)(C)C1)c1ccc(-c2ccccc2)cc1)c1ccc(-c2ccccc2)c(F)c1. The minimum atomic E-state index is -0.572. The minimum Gasteiger partial charge on any atom is -0.355 e. The van der Waals surface area contributed by atoms with Crippen molar-refractivity contribution in [3.63, 3.8) is 0 Å². The molecule has 1 aliphatic heterocycles. The van der Waals surface area contributed by atoms with E-state index in [1.54, 1.807) is 13.0 Å². The predicted molar refractivity (Wildman–Crippen MR) is 191 cm³/mol. The largest absolute Gasteiger partial charge is 0.355 e. The summed E-state index contributed by atoms with van der Waals surface area (Å²) in [6, 6.07) is 32.6. The molecular formula is C42H49FN2O2. The van der Waals surface area contributed by atoms with Gasteiger partial charge in [-0.1, -0.05) is 97.1 Å². The summed E-state index contributed by atoms with van der Waals surface area (Å²) in [5.74, 6) is -0.926. The Morgan fingerprint density at radius 3 is 1.94 bits per heavy atom. The molecule has 0 saturated carbocycles. The standard InChI is InChI=1S/C42H49FN2O2/c1-29(35-23-24-36(38(43)25-35)33-16-10-7-11-17-33)40(47)44-28-37(34-21-19-32(20-22-34)31-14-8-6-9-15-31)39(46)18-12-13-30-26-41(2,3)45-42(4,5)27-30/h6-11,14-17,19-25,29-30,37,45H,12-13,18,26-28H2,1-5H3,(H,44,47). The molecule has 5 heteroatoms. The predicted octanol–water partition coefficient (Wildman–Crippen LogP) is 9.46. The second kappa shape index (κ2) is 14.8. The maximum atomic E-state index is 15.1. The van der Waals surface area contributed by atoms with Crippen molar-refractivity contribution in [2.24, 2.45) is 5.92 Å². The molecule has 4 aromatic carbocycles. The molecule has 1 heterocycles. The molecule has 1 amide bonds. The second-order valence-electron chi connectivity index (χ2n) is 14.6. The van der Waals surface area contributed by atoms with Crippen LogP contribution in [0.3, 0.4) is 0 Å². The van der Waals surface area contributed by atoms with Gasteiger partial charge in [0, 0.05) is 29.6 Å². The number of carbonyl (C=O) groups is 2. The molecule has 1 aliphatic rings. The molecule has 2 atom stereocenters. The Morgan fingerprint density at radius 1 is 0.787 bits per heavy atom. The number of piperidine rings is 1. The van der Waals surface area contributed by atoms with Crippen LogP contribution in [0.25, 0.3) is 22.3 Å². The lowest BCUT2D eigenvalue weighted by Gasteiger charge is -2.46. The van der Waals surface area contributed by atoms with Crippen molar-refractivity contribution in [3.05, 3.63) is 120 Å². The van der Waals surface area contributed by atoms with E-state index in [0.29, 0.717) is 23.5 Å². The molecule has 0 radical (unpaired) electrons. The normalized spacial score (nSPS) is 17.1. The Bertz CT molecular complexity index is 1630. The van der Waals surface area contributed by atoms with Crippen LogP contribution in [-0.4, -0.2) is 29.3 Å².